The third-order valence-corrected chi connectivity index (χ3v) is 2.82. The first kappa shape index (κ1) is 16.8. The SMILES string of the molecule is COc1ccc(OCC(=O)NCCCCCC(=O)O)cc1. The van der Waals surface area contributed by atoms with E-state index in [-0.39, 0.29) is 18.9 Å². The highest BCUT2D eigenvalue weighted by molar-refractivity contribution is 5.77. The third-order valence-electron chi connectivity index (χ3n) is 2.82. The molecule has 1 aromatic rings. The molecule has 0 atom stereocenters. The van der Waals surface area contributed by atoms with E-state index in [4.69, 9.17) is 14.6 Å². The van der Waals surface area contributed by atoms with Gasteiger partial charge >= 0.3 is 5.97 Å². The molecule has 6 heteroatoms. The van der Waals surface area contributed by atoms with Crippen molar-refractivity contribution in [3.05, 3.63) is 24.3 Å². The summed E-state index contributed by atoms with van der Waals surface area (Å²) in [6.45, 7) is 0.492. The van der Waals surface area contributed by atoms with Crippen LogP contribution in [-0.2, 0) is 9.59 Å². The van der Waals surface area contributed by atoms with Crippen LogP contribution in [0.4, 0.5) is 0 Å². The molecule has 0 heterocycles. The first-order chi connectivity index (χ1) is 10.1. The normalized spacial score (nSPS) is 9.95. The molecular formula is C15H21NO5. The molecule has 0 spiro atoms. The number of carboxylic acids is 1. The van der Waals surface area contributed by atoms with Gasteiger partial charge in [0.15, 0.2) is 6.61 Å². The third kappa shape index (κ3) is 7.81. The smallest absolute Gasteiger partial charge is 0.303 e. The molecule has 1 rings (SSSR count). The number of aliphatic carboxylic acids is 1. The van der Waals surface area contributed by atoms with Gasteiger partial charge in [-0.25, -0.2) is 0 Å². The molecular weight excluding hydrogens is 274 g/mol. The van der Waals surface area contributed by atoms with Crippen LogP contribution in [0.5, 0.6) is 11.5 Å². The van der Waals surface area contributed by atoms with Crippen molar-refractivity contribution in [3.8, 4) is 11.5 Å². The molecule has 0 aliphatic rings. The summed E-state index contributed by atoms with van der Waals surface area (Å²) in [4.78, 5) is 21.8. The van der Waals surface area contributed by atoms with E-state index >= 15 is 0 Å². The predicted octanol–water partition coefficient (Wildman–Crippen LogP) is 1.84. The highest BCUT2D eigenvalue weighted by Gasteiger charge is 2.03. The molecule has 0 unspecified atom stereocenters. The Kier molecular flexibility index (Phi) is 7.71. The fourth-order valence-corrected chi connectivity index (χ4v) is 1.68. The Morgan fingerprint density at radius 3 is 2.38 bits per heavy atom. The molecule has 0 bridgehead atoms. The lowest BCUT2D eigenvalue weighted by molar-refractivity contribution is -0.137. The Balaban J connectivity index is 2.09. The molecule has 0 aliphatic carbocycles. The van der Waals surface area contributed by atoms with E-state index in [1.807, 2.05) is 0 Å². The van der Waals surface area contributed by atoms with E-state index in [0.717, 1.165) is 18.6 Å². The van der Waals surface area contributed by atoms with Gasteiger partial charge in [0.2, 0.25) is 0 Å². The fourth-order valence-electron chi connectivity index (χ4n) is 1.68. The number of carbonyl (C=O) groups excluding carboxylic acids is 1. The Morgan fingerprint density at radius 1 is 1.10 bits per heavy atom. The van der Waals surface area contributed by atoms with Crippen LogP contribution in [0.25, 0.3) is 0 Å². The van der Waals surface area contributed by atoms with E-state index in [1.165, 1.54) is 0 Å². The number of rotatable bonds is 10. The van der Waals surface area contributed by atoms with E-state index in [0.29, 0.717) is 18.7 Å². The van der Waals surface area contributed by atoms with Crippen LogP contribution >= 0.6 is 0 Å². The maximum absolute atomic E-state index is 11.5. The van der Waals surface area contributed by atoms with Gasteiger partial charge in [0.05, 0.1) is 7.11 Å². The molecule has 6 nitrogen and oxygen atoms in total. The number of methoxy groups -OCH3 is 1. The largest absolute Gasteiger partial charge is 0.497 e. The highest BCUT2D eigenvalue weighted by Crippen LogP contribution is 2.16. The second-order valence-corrected chi connectivity index (χ2v) is 4.52. The van der Waals surface area contributed by atoms with Crippen LogP contribution in [0, 0.1) is 0 Å². The first-order valence-electron chi connectivity index (χ1n) is 6.87. The molecule has 0 saturated heterocycles. The van der Waals surface area contributed by atoms with Crippen LogP contribution < -0.4 is 14.8 Å². The highest BCUT2D eigenvalue weighted by atomic mass is 16.5. The van der Waals surface area contributed by atoms with E-state index in [9.17, 15) is 9.59 Å². The fraction of sp³-hybridized carbons (Fsp3) is 0.467. The number of carboxylic acid groups (broad SMARTS) is 1. The minimum atomic E-state index is -0.785. The van der Waals surface area contributed by atoms with Gasteiger partial charge in [0, 0.05) is 13.0 Å². The number of amides is 1. The number of hydrogen-bond acceptors (Lipinski definition) is 4. The number of ether oxygens (including phenoxy) is 2. The molecule has 0 aromatic heterocycles. The van der Waals surface area contributed by atoms with Gasteiger partial charge in [-0.05, 0) is 37.1 Å². The van der Waals surface area contributed by atoms with Gasteiger partial charge in [0.25, 0.3) is 5.91 Å². The first-order valence-corrected chi connectivity index (χ1v) is 6.87. The molecule has 0 aliphatic heterocycles. The number of hydrogen-bond donors (Lipinski definition) is 2. The van der Waals surface area contributed by atoms with Gasteiger partial charge < -0.3 is 19.9 Å². The Hall–Kier alpha value is -2.24. The number of benzene rings is 1. The standard InChI is InChI=1S/C15H21NO5/c1-20-12-6-8-13(9-7-12)21-11-14(17)16-10-4-2-3-5-15(18)19/h6-9H,2-5,10-11H2,1H3,(H,16,17)(H,18,19). The van der Waals surface area contributed by atoms with Crippen LogP contribution in [0.15, 0.2) is 24.3 Å². The van der Waals surface area contributed by atoms with Crippen LogP contribution in [-0.4, -0.2) is 37.2 Å². The molecule has 0 fully saturated rings. The zero-order valence-electron chi connectivity index (χ0n) is 12.1. The van der Waals surface area contributed by atoms with Crippen molar-refractivity contribution in [1.82, 2.24) is 5.32 Å². The van der Waals surface area contributed by atoms with Gasteiger partial charge in [-0.15, -0.1) is 0 Å². The van der Waals surface area contributed by atoms with Crippen molar-refractivity contribution in [3.63, 3.8) is 0 Å². The van der Waals surface area contributed by atoms with Gasteiger partial charge in [-0.2, -0.15) is 0 Å². The van der Waals surface area contributed by atoms with E-state index in [1.54, 1.807) is 31.4 Å². The molecule has 1 aromatic carbocycles. The molecule has 1 amide bonds. The lowest BCUT2D eigenvalue weighted by Crippen LogP contribution is -2.29. The quantitative estimate of drug-likeness (QED) is 0.643. The summed E-state index contributed by atoms with van der Waals surface area (Å²) in [5, 5.41) is 11.2. The Bertz CT molecular complexity index is 444. The lowest BCUT2D eigenvalue weighted by atomic mass is 10.2. The van der Waals surface area contributed by atoms with Crippen molar-refractivity contribution in [2.24, 2.45) is 0 Å². The minimum absolute atomic E-state index is 0.0402. The van der Waals surface area contributed by atoms with Gasteiger partial charge in [-0.3, -0.25) is 9.59 Å². The van der Waals surface area contributed by atoms with Crippen molar-refractivity contribution >= 4 is 11.9 Å². The second-order valence-electron chi connectivity index (χ2n) is 4.52. The molecule has 0 radical (unpaired) electrons. The summed E-state index contributed by atoms with van der Waals surface area (Å²) in [6, 6.07) is 6.99. The molecule has 0 saturated carbocycles. The van der Waals surface area contributed by atoms with Crippen LogP contribution in [0.3, 0.4) is 0 Å². The average Bonchev–Trinajstić information content (AvgIpc) is 2.49. The number of unbranched alkanes of at least 4 members (excludes halogenated alkanes) is 2. The van der Waals surface area contributed by atoms with E-state index < -0.39 is 5.97 Å². The zero-order valence-corrected chi connectivity index (χ0v) is 12.1. The maximum atomic E-state index is 11.5. The molecule has 116 valence electrons. The second kappa shape index (κ2) is 9.63. The zero-order chi connectivity index (χ0) is 15.5. The van der Waals surface area contributed by atoms with Crippen molar-refractivity contribution in [2.45, 2.75) is 25.7 Å². The monoisotopic (exact) mass is 295 g/mol. The topological polar surface area (TPSA) is 84.9 Å². The van der Waals surface area contributed by atoms with Crippen molar-refractivity contribution < 1.29 is 24.2 Å². The van der Waals surface area contributed by atoms with Gasteiger partial charge in [0.1, 0.15) is 11.5 Å². The summed E-state index contributed by atoms with van der Waals surface area (Å²) < 4.78 is 10.4. The van der Waals surface area contributed by atoms with E-state index in [2.05, 4.69) is 5.32 Å². The summed E-state index contributed by atoms with van der Waals surface area (Å²) in [7, 11) is 1.58. The molecule has 21 heavy (non-hydrogen) atoms. The minimum Gasteiger partial charge on any atom is -0.497 e. The maximum Gasteiger partial charge on any atom is 0.303 e. The van der Waals surface area contributed by atoms with Crippen LogP contribution in [0.1, 0.15) is 25.7 Å². The summed E-state index contributed by atoms with van der Waals surface area (Å²) in [6.07, 6.45) is 2.36. The summed E-state index contributed by atoms with van der Waals surface area (Å²) in [5.41, 5.74) is 0. The summed E-state index contributed by atoms with van der Waals surface area (Å²) >= 11 is 0. The van der Waals surface area contributed by atoms with Gasteiger partial charge in [-0.1, -0.05) is 6.42 Å². The predicted molar refractivity (Wildman–Crippen MR) is 77.6 cm³/mol. The lowest BCUT2D eigenvalue weighted by Gasteiger charge is -2.08. The van der Waals surface area contributed by atoms with Crippen LogP contribution in [0.2, 0.25) is 0 Å². The molecule has 2 N–H and O–H groups in total. The average molecular weight is 295 g/mol. The van der Waals surface area contributed by atoms with Crippen molar-refractivity contribution in [1.29, 1.82) is 0 Å². The summed E-state index contributed by atoms with van der Waals surface area (Å²) in [5.74, 6) is 0.358. The Labute approximate surface area is 124 Å². The number of nitrogens with one attached hydrogen (secondary N) is 1. The number of carbonyl (C=O) groups is 2. The Morgan fingerprint density at radius 2 is 1.76 bits per heavy atom. The van der Waals surface area contributed by atoms with Crippen molar-refractivity contribution in [2.75, 3.05) is 20.3 Å².